The van der Waals surface area contributed by atoms with Gasteiger partial charge < -0.3 is 0 Å². The summed E-state index contributed by atoms with van der Waals surface area (Å²) in [5.41, 5.74) is 8.25. The zero-order valence-electron chi connectivity index (χ0n) is 14.6. The van der Waals surface area contributed by atoms with E-state index >= 15 is 0 Å². The Kier molecular flexibility index (Phi) is 3.54. The molecule has 1 unspecified atom stereocenters. The van der Waals surface area contributed by atoms with Crippen LogP contribution in [0.2, 0.25) is 0 Å². The van der Waals surface area contributed by atoms with Crippen molar-refractivity contribution in [1.29, 1.82) is 0 Å². The first-order chi connectivity index (χ1) is 11.6. The van der Waals surface area contributed by atoms with Gasteiger partial charge in [0.15, 0.2) is 0 Å². The molecule has 1 aliphatic carbocycles. The summed E-state index contributed by atoms with van der Waals surface area (Å²) in [5, 5.41) is 0. The number of hydrogen-bond donors (Lipinski definition) is 0. The highest BCUT2D eigenvalue weighted by atomic mass is 15.1. The molecule has 0 aromatic heterocycles. The summed E-state index contributed by atoms with van der Waals surface area (Å²) in [7, 11) is 4.38. The van der Waals surface area contributed by atoms with Crippen LogP contribution in [-0.2, 0) is 12.0 Å². The van der Waals surface area contributed by atoms with Crippen LogP contribution in [0.5, 0.6) is 0 Å². The first-order valence-corrected chi connectivity index (χ1v) is 8.56. The largest absolute Gasteiger partial charge is 0.296 e. The van der Waals surface area contributed by atoms with Gasteiger partial charge in [-0.1, -0.05) is 72.8 Å². The molecular weight excluding hydrogens is 290 g/mol. The monoisotopic (exact) mass is 313 g/mol. The van der Waals surface area contributed by atoms with Crippen LogP contribution < -0.4 is 0 Å². The maximum atomic E-state index is 2.36. The van der Waals surface area contributed by atoms with E-state index in [1.807, 2.05) is 0 Å². The molecule has 0 saturated heterocycles. The van der Waals surface area contributed by atoms with Crippen molar-refractivity contribution in [2.75, 3.05) is 14.1 Å². The lowest BCUT2D eigenvalue weighted by Crippen LogP contribution is -2.43. The van der Waals surface area contributed by atoms with Gasteiger partial charge in [-0.05, 0) is 60.8 Å². The Bertz CT molecular complexity index is 880. The Morgan fingerprint density at radius 1 is 0.750 bits per heavy atom. The average Bonchev–Trinajstić information content (AvgIpc) is 2.62. The molecule has 0 fully saturated rings. The number of nitrogens with zero attached hydrogens (tertiary/aromatic N) is 1. The van der Waals surface area contributed by atoms with Crippen LogP contribution in [0.3, 0.4) is 0 Å². The molecule has 1 heteroatoms. The molecule has 0 aliphatic heterocycles. The van der Waals surface area contributed by atoms with Crippen molar-refractivity contribution in [2.45, 2.75) is 18.9 Å². The predicted molar refractivity (Wildman–Crippen MR) is 101 cm³/mol. The van der Waals surface area contributed by atoms with E-state index in [9.17, 15) is 0 Å². The van der Waals surface area contributed by atoms with Crippen LogP contribution in [0.15, 0.2) is 72.8 Å². The zero-order chi connectivity index (χ0) is 16.7. The van der Waals surface area contributed by atoms with Gasteiger partial charge in [-0.25, -0.2) is 0 Å². The molecule has 0 saturated carbocycles. The smallest absolute Gasteiger partial charge is 0.0693 e. The molecule has 1 aliphatic rings. The third-order valence-corrected chi connectivity index (χ3v) is 5.54. The van der Waals surface area contributed by atoms with E-state index in [2.05, 4.69) is 98.7 Å². The van der Waals surface area contributed by atoms with Crippen molar-refractivity contribution in [2.24, 2.45) is 0 Å². The van der Waals surface area contributed by atoms with E-state index in [1.165, 1.54) is 33.4 Å². The molecule has 1 atom stereocenters. The highest BCUT2D eigenvalue weighted by Crippen LogP contribution is 2.46. The van der Waals surface area contributed by atoms with Gasteiger partial charge in [0.05, 0.1) is 5.54 Å². The van der Waals surface area contributed by atoms with Gasteiger partial charge in [-0.2, -0.15) is 0 Å². The molecule has 4 rings (SSSR count). The molecule has 3 aromatic rings. The van der Waals surface area contributed by atoms with Crippen molar-refractivity contribution in [1.82, 2.24) is 4.90 Å². The van der Waals surface area contributed by atoms with Gasteiger partial charge in [0.25, 0.3) is 0 Å². The summed E-state index contributed by atoms with van der Waals surface area (Å²) < 4.78 is 0. The summed E-state index contributed by atoms with van der Waals surface area (Å²) in [6.45, 7) is 2.36. The molecule has 0 spiro atoms. The number of rotatable bonds is 2. The van der Waals surface area contributed by atoms with Crippen LogP contribution in [-0.4, -0.2) is 19.0 Å². The normalized spacial score (nSPS) is 19.0. The van der Waals surface area contributed by atoms with Crippen LogP contribution in [0.1, 0.15) is 29.2 Å². The van der Waals surface area contributed by atoms with E-state index in [-0.39, 0.29) is 5.54 Å². The summed E-state index contributed by atoms with van der Waals surface area (Å²) in [4.78, 5) is 2.36. The van der Waals surface area contributed by atoms with E-state index in [0.717, 1.165) is 6.42 Å². The van der Waals surface area contributed by atoms with Gasteiger partial charge in [-0.15, -0.1) is 0 Å². The van der Waals surface area contributed by atoms with Crippen LogP contribution >= 0.6 is 0 Å². The third-order valence-electron chi connectivity index (χ3n) is 5.54. The lowest BCUT2D eigenvalue weighted by molar-refractivity contribution is 0.217. The zero-order valence-corrected chi connectivity index (χ0v) is 14.6. The molecule has 0 bridgehead atoms. The van der Waals surface area contributed by atoms with E-state index in [0.29, 0.717) is 0 Å². The minimum absolute atomic E-state index is 0.128. The van der Waals surface area contributed by atoms with Gasteiger partial charge >= 0.3 is 0 Å². The maximum Gasteiger partial charge on any atom is 0.0693 e. The van der Waals surface area contributed by atoms with Crippen molar-refractivity contribution in [3.63, 3.8) is 0 Å². The van der Waals surface area contributed by atoms with Gasteiger partial charge in [-0.3, -0.25) is 4.90 Å². The highest BCUT2D eigenvalue weighted by molar-refractivity contribution is 5.73. The number of fused-ring (bicyclic) bond motifs is 2. The van der Waals surface area contributed by atoms with Crippen molar-refractivity contribution >= 4 is 0 Å². The standard InChI is InChI=1S/C23H23N/c1-23(24(2)3)21-15-8-7-12-18(21)16-19-13-9-14-20(22(19)23)17-10-5-4-6-11-17/h4-15H,16H2,1-3H3. The number of benzene rings is 3. The first kappa shape index (κ1) is 15.2. The Hall–Kier alpha value is -2.38. The lowest BCUT2D eigenvalue weighted by Gasteiger charge is -2.44. The number of hydrogen-bond acceptors (Lipinski definition) is 1. The van der Waals surface area contributed by atoms with Crippen molar-refractivity contribution in [3.8, 4) is 11.1 Å². The second kappa shape index (κ2) is 5.61. The fourth-order valence-electron chi connectivity index (χ4n) is 4.13. The minimum atomic E-state index is -0.128. The van der Waals surface area contributed by atoms with Gasteiger partial charge in [0.2, 0.25) is 0 Å². The molecule has 24 heavy (non-hydrogen) atoms. The fourth-order valence-corrected chi connectivity index (χ4v) is 4.13. The second-order valence-corrected chi connectivity index (χ2v) is 7.01. The van der Waals surface area contributed by atoms with E-state index in [1.54, 1.807) is 0 Å². The van der Waals surface area contributed by atoms with Gasteiger partial charge in [0.1, 0.15) is 0 Å². The van der Waals surface area contributed by atoms with Crippen molar-refractivity contribution in [3.05, 3.63) is 95.1 Å². The highest BCUT2D eigenvalue weighted by Gasteiger charge is 2.39. The second-order valence-electron chi connectivity index (χ2n) is 7.01. The summed E-state index contributed by atoms with van der Waals surface area (Å²) in [6.07, 6.45) is 1.01. The Morgan fingerprint density at radius 3 is 2.17 bits per heavy atom. The molecule has 0 N–H and O–H groups in total. The molecule has 120 valence electrons. The Morgan fingerprint density at radius 2 is 1.42 bits per heavy atom. The topological polar surface area (TPSA) is 3.24 Å². The van der Waals surface area contributed by atoms with Crippen molar-refractivity contribution < 1.29 is 0 Å². The van der Waals surface area contributed by atoms with Crippen LogP contribution in [0.25, 0.3) is 11.1 Å². The van der Waals surface area contributed by atoms with E-state index in [4.69, 9.17) is 0 Å². The SMILES string of the molecule is CN(C)C1(C)c2ccccc2Cc2cccc(-c3ccccc3)c21. The van der Waals surface area contributed by atoms with Crippen LogP contribution in [0.4, 0.5) is 0 Å². The molecule has 1 nitrogen and oxygen atoms in total. The third kappa shape index (κ3) is 2.12. The molecule has 0 heterocycles. The summed E-state index contributed by atoms with van der Waals surface area (Å²) >= 11 is 0. The maximum absolute atomic E-state index is 2.36. The lowest BCUT2D eigenvalue weighted by atomic mass is 9.70. The quantitative estimate of drug-likeness (QED) is 0.637. The minimum Gasteiger partial charge on any atom is -0.296 e. The summed E-state index contributed by atoms with van der Waals surface area (Å²) in [5.74, 6) is 0. The van der Waals surface area contributed by atoms with Crippen LogP contribution in [0, 0.1) is 0 Å². The molecule has 0 amide bonds. The van der Waals surface area contributed by atoms with E-state index < -0.39 is 0 Å². The average molecular weight is 313 g/mol. The Balaban J connectivity index is 2.04. The first-order valence-electron chi connectivity index (χ1n) is 8.56. The Labute approximate surface area is 144 Å². The fraction of sp³-hybridized carbons (Fsp3) is 0.217. The summed E-state index contributed by atoms with van der Waals surface area (Å²) in [6, 6.07) is 26.4. The molecule has 3 aromatic carbocycles. The molecule has 0 radical (unpaired) electrons. The predicted octanol–water partition coefficient (Wildman–Crippen LogP) is 5.08. The molecular formula is C23H23N. The van der Waals surface area contributed by atoms with Gasteiger partial charge in [0, 0.05) is 0 Å².